The molecule has 4 rings (SSSR count). The summed E-state index contributed by atoms with van der Waals surface area (Å²) in [6.07, 6.45) is 8.35. The molecule has 2 nitrogen and oxygen atoms in total. The second kappa shape index (κ2) is 16.0. The van der Waals surface area contributed by atoms with Gasteiger partial charge in [0.1, 0.15) is 0 Å². The summed E-state index contributed by atoms with van der Waals surface area (Å²) < 4.78 is 14.1. The van der Waals surface area contributed by atoms with E-state index >= 15 is 0 Å². The molecule has 0 heterocycles. The predicted molar refractivity (Wildman–Crippen MR) is 208 cm³/mol. The molecular formula is C43H54O2Si2. The molecule has 0 spiro atoms. The van der Waals surface area contributed by atoms with E-state index in [2.05, 4.69) is 195 Å². The highest BCUT2D eigenvalue weighted by Crippen LogP contribution is 2.38. The third-order valence-corrected chi connectivity index (χ3v) is 19.3. The molecule has 0 fully saturated rings. The van der Waals surface area contributed by atoms with Gasteiger partial charge in [0.05, 0.1) is 6.61 Å². The first-order chi connectivity index (χ1) is 22.4. The second-order valence-corrected chi connectivity index (χ2v) is 23.1. The summed E-state index contributed by atoms with van der Waals surface area (Å²) in [5.74, 6) is 0. The van der Waals surface area contributed by atoms with Crippen LogP contribution in [0.3, 0.4) is 0 Å². The van der Waals surface area contributed by atoms with Gasteiger partial charge in [-0.25, -0.2) is 0 Å². The predicted octanol–water partition coefficient (Wildman–Crippen LogP) is 8.98. The Morgan fingerprint density at radius 1 is 0.574 bits per heavy atom. The van der Waals surface area contributed by atoms with Crippen molar-refractivity contribution in [3.63, 3.8) is 0 Å². The lowest BCUT2D eigenvalue weighted by molar-refractivity contribution is 0.304. The summed E-state index contributed by atoms with van der Waals surface area (Å²) in [6.45, 7) is 21.7. The van der Waals surface area contributed by atoms with Crippen LogP contribution in [0.2, 0.25) is 10.1 Å². The van der Waals surface area contributed by atoms with Gasteiger partial charge in [-0.1, -0.05) is 188 Å². The zero-order chi connectivity index (χ0) is 34.0. The van der Waals surface area contributed by atoms with E-state index in [0.29, 0.717) is 13.2 Å². The molecule has 0 bridgehead atoms. The molecule has 0 N–H and O–H groups in total. The number of benzene rings is 4. The van der Waals surface area contributed by atoms with Gasteiger partial charge in [-0.3, -0.25) is 0 Å². The second-order valence-electron chi connectivity index (χ2n) is 14.4. The molecule has 246 valence electrons. The molecule has 0 saturated heterocycles. The minimum Gasteiger partial charge on any atom is -0.407 e. The van der Waals surface area contributed by atoms with Crippen molar-refractivity contribution >= 4 is 37.4 Å². The summed E-state index contributed by atoms with van der Waals surface area (Å²) in [6, 6.07) is 43.3. The van der Waals surface area contributed by atoms with Crippen LogP contribution in [0.5, 0.6) is 0 Å². The van der Waals surface area contributed by atoms with E-state index in [1.165, 1.54) is 26.3 Å². The highest BCUT2D eigenvalue weighted by Gasteiger charge is 2.51. The summed E-state index contributed by atoms with van der Waals surface area (Å²) >= 11 is 0. The van der Waals surface area contributed by atoms with E-state index in [4.69, 9.17) is 8.85 Å². The third-order valence-electron chi connectivity index (χ3n) is 9.21. The van der Waals surface area contributed by atoms with Gasteiger partial charge in [0, 0.05) is 6.61 Å². The summed E-state index contributed by atoms with van der Waals surface area (Å²) in [5.41, 5.74) is 2.29. The fourth-order valence-electron chi connectivity index (χ4n) is 6.74. The van der Waals surface area contributed by atoms with Gasteiger partial charge < -0.3 is 8.85 Å². The zero-order valence-corrected chi connectivity index (χ0v) is 31.6. The lowest BCUT2D eigenvalue weighted by atomic mass is 10.1. The summed E-state index contributed by atoms with van der Waals surface area (Å²) in [5, 5.41) is 5.16. The molecule has 0 saturated carbocycles. The van der Waals surface area contributed by atoms with Crippen LogP contribution in [-0.4, -0.2) is 29.8 Å². The normalized spacial score (nSPS) is 13.2. The van der Waals surface area contributed by atoms with E-state index < -0.39 is 16.6 Å². The van der Waals surface area contributed by atoms with Gasteiger partial charge in [-0.2, -0.15) is 0 Å². The maximum atomic E-state index is 7.07. The van der Waals surface area contributed by atoms with Gasteiger partial charge >= 0.3 is 0 Å². The highest BCUT2D eigenvalue weighted by molar-refractivity contribution is 7.00. The van der Waals surface area contributed by atoms with E-state index in [-0.39, 0.29) is 10.1 Å². The topological polar surface area (TPSA) is 18.5 Å². The molecule has 4 aromatic rings. The van der Waals surface area contributed by atoms with Crippen LogP contribution in [0.15, 0.2) is 157 Å². The minimum atomic E-state index is -2.57. The van der Waals surface area contributed by atoms with Crippen molar-refractivity contribution in [1.82, 2.24) is 0 Å². The van der Waals surface area contributed by atoms with Crippen LogP contribution in [0.4, 0.5) is 0 Å². The van der Waals surface area contributed by atoms with Crippen molar-refractivity contribution in [3.05, 3.63) is 157 Å². The molecule has 0 aliphatic carbocycles. The maximum absolute atomic E-state index is 7.07. The van der Waals surface area contributed by atoms with Crippen LogP contribution >= 0.6 is 0 Å². The third kappa shape index (κ3) is 8.31. The lowest BCUT2D eigenvalue weighted by Crippen LogP contribution is -2.66. The molecule has 4 aromatic carbocycles. The molecule has 0 radical (unpaired) electrons. The minimum absolute atomic E-state index is 0.0217. The van der Waals surface area contributed by atoms with Crippen molar-refractivity contribution in [1.29, 1.82) is 0 Å². The number of rotatable bonds is 14. The van der Waals surface area contributed by atoms with Crippen molar-refractivity contribution < 1.29 is 8.85 Å². The first-order valence-electron chi connectivity index (χ1n) is 16.9. The Labute approximate surface area is 287 Å². The molecular weight excluding hydrogens is 605 g/mol. The standard InChI is InChI=1S/C43H54O2Si2/c1-36(37(2)33-35-45-47(43(6,7)8,40-29-19-11-20-30-40)41-31-21-12-22-32-41)24-14-13-23-34-44-46(42(3,4)5,38-25-15-9-16-26-38)39-27-17-10-18-28-39/h9-22,25-33H,1,23-24,34-35H2,2-8H3/b14-13+,37-33+. The molecule has 47 heavy (non-hydrogen) atoms. The molecule has 0 aliphatic rings. The van der Waals surface area contributed by atoms with Crippen LogP contribution in [0.25, 0.3) is 0 Å². The van der Waals surface area contributed by atoms with Crippen molar-refractivity contribution in [2.75, 3.05) is 13.2 Å². The Hall–Kier alpha value is -3.55. The van der Waals surface area contributed by atoms with Gasteiger partial charge in [0.2, 0.25) is 0 Å². The quantitative estimate of drug-likeness (QED) is 0.0583. The lowest BCUT2D eigenvalue weighted by Gasteiger charge is -2.43. The average molecular weight is 659 g/mol. The van der Waals surface area contributed by atoms with Crippen molar-refractivity contribution in [2.45, 2.75) is 71.4 Å². The smallest absolute Gasteiger partial charge is 0.261 e. The maximum Gasteiger partial charge on any atom is 0.261 e. The summed E-state index contributed by atoms with van der Waals surface area (Å²) in [4.78, 5) is 0. The fourth-order valence-corrected chi connectivity index (χ4v) is 15.8. The Morgan fingerprint density at radius 2 is 0.936 bits per heavy atom. The van der Waals surface area contributed by atoms with Gasteiger partial charge in [0.15, 0.2) is 0 Å². The van der Waals surface area contributed by atoms with Gasteiger partial charge in [-0.05, 0) is 61.7 Å². The van der Waals surface area contributed by atoms with E-state index in [1.54, 1.807) is 0 Å². The highest BCUT2D eigenvalue weighted by atomic mass is 28.4. The van der Waals surface area contributed by atoms with Crippen LogP contribution in [0, 0.1) is 0 Å². The Morgan fingerprint density at radius 3 is 1.30 bits per heavy atom. The van der Waals surface area contributed by atoms with E-state index in [1.807, 2.05) is 0 Å². The fraction of sp³-hybridized carbons (Fsp3) is 0.302. The van der Waals surface area contributed by atoms with Crippen LogP contribution in [0.1, 0.15) is 61.3 Å². The van der Waals surface area contributed by atoms with Crippen molar-refractivity contribution in [3.8, 4) is 0 Å². The van der Waals surface area contributed by atoms with Crippen molar-refractivity contribution in [2.24, 2.45) is 0 Å². The van der Waals surface area contributed by atoms with Gasteiger partial charge in [-0.15, -0.1) is 0 Å². The average Bonchev–Trinajstić information content (AvgIpc) is 3.06. The largest absolute Gasteiger partial charge is 0.407 e. The summed E-state index contributed by atoms with van der Waals surface area (Å²) in [7, 11) is -5.08. The molecule has 0 unspecified atom stereocenters. The molecule has 0 atom stereocenters. The molecule has 4 heteroatoms. The number of hydrogen-bond acceptors (Lipinski definition) is 2. The molecule has 0 aromatic heterocycles. The zero-order valence-electron chi connectivity index (χ0n) is 29.6. The first kappa shape index (κ1) is 36.3. The van der Waals surface area contributed by atoms with E-state index in [9.17, 15) is 0 Å². The number of hydrogen-bond donors (Lipinski definition) is 0. The Balaban J connectivity index is 1.42. The monoisotopic (exact) mass is 658 g/mol. The first-order valence-corrected chi connectivity index (χ1v) is 20.7. The van der Waals surface area contributed by atoms with Crippen LogP contribution < -0.4 is 20.7 Å². The van der Waals surface area contributed by atoms with Gasteiger partial charge in [0.25, 0.3) is 16.6 Å². The Bertz CT molecular complexity index is 1520. The van der Waals surface area contributed by atoms with E-state index in [0.717, 1.165) is 18.4 Å². The molecule has 0 aliphatic heterocycles. The SMILES string of the molecule is C=C(C/C=C/CCO[Si](c1ccccc1)(c1ccccc1)C(C)(C)C)/C(C)=C/CO[Si](c1ccccc1)(c1ccccc1)C(C)(C)C. The molecule has 0 amide bonds. The number of allylic oxidation sites excluding steroid dienone is 3. The Kier molecular flexibility index (Phi) is 12.4. The van der Waals surface area contributed by atoms with Crippen LogP contribution in [-0.2, 0) is 8.85 Å².